The summed E-state index contributed by atoms with van der Waals surface area (Å²) >= 11 is 1.31. The molecule has 0 aliphatic rings. The number of para-hydroxylation sites is 3. The molecule has 1 amide bonds. The van der Waals surface area contributed by atoms with Crippen molar-refractivity contribution in [2.45, 2.75) is 18.6 Å². The van der Waals surface area contributed by atoms with Gasteiger partial charge in [-0.05, 0) is 55.5 Å². The molecular weight excluding hydrogens is 463 g/mol. The van der Waals surface area contributed by atoms with Crippen molar-refractivity contribution < 1.29 is 9.18 Å². The number of imidazole rings is 1. The zero-order valence-corrected chi connectivity index (χ0v) is 19.9. The number of nitrogens with zero attached hydrogens (tertiary/aromatic N) is 5. The highest BCUT2D eigenvalue weighted by molar-refractivity contribution is 7.99. The van der Waals surface area contributed by atoms with Gasteiger partial charge in [0, 0.05) is 24.3 Å². The molecule has 1 N–H and O–H groups in total. The number of hydrogen-bond acceptors (Lipinski definition) is 5. The Morgan fingerprint density at radius 3 is 2.51 bits per heavy atom. The second kappa shape index (κ2) is 10.1. The molecule has 0 bridgehead atoms. The second-order valence-corrected chi connectivity index (χ2v) is 8.86. The highest BCUT2D eigenvalue weighted by Crippen LogP contribution is 2.28. The van der Waals surface area contributed by atoms with Crippen LogP contribution in [0, 0.1) is 12.7 Å². The predicted octanol–water partition coefficient (Wildman–Crippen LogP) is 4.64. The molecule has 0 aliphatic carbocycles. The first-order valence-corrected chi connectivity index (χ1v) is 12.2. The number of carbonyl (C=O) groups excluding carboxylic acids is 1. The van der Waals surface area contributed by atoms with Gasteiger partial charge < -0.3 is 9.88 Å². The third-order valence-electron chi connectivity index (χ3n) is 5.59. The Hall–Kier alpha value is -3.98. The van der Waals surface area contributed by atoms with E-state index in [1.807, 2.05) is 66.1 Å². The molecule has 0 spiro atoms. The lowest BCUT2D eigenvalue weighted by Crippen LogP contribution is -2.29. The highest BCUT2D eigenvalue weighted by Gasteiger charge is 2.17. The first-order chi connectivity index (χ1) is 17.1. The van der Waals surface area contributed by atoms with Crippen molar-refractivity contribution >= 4 is 28.7 Å². The number of nitrogens with one attached hydrogen (secondary N) is 1. The number of fused-ring (bicyclic) bond motifs is 1. The lowest BCUT2D eigenvalue weighted by atomic mass is 10.2. The molecule has 0 fully saturated rings. The van der Waals surface area contributed by atoms with Crippen LogP contribution >= 0.6 is 11.8 Å². The number of carbonyl (C=O) groups is 1. The Morgan fingerprint density at radius 1 is 0.971 bits per heavy atom. The Bertz CT molecular complexity index is 1460. The molecule has 2 aromatic heterocycles. The number of halogens is 1. The minimum atomic E-state index is -0.315. The number of hydrogen-bond donors (Lipinski definition) is 1. The SMILES string of the molecule is Cc1nc2ccccc2n1CCNC(=O)CSc1nnc(-c2ccc(F)cc2)n1-c1ccccc1. The lowest BCUT2D eigenvalue weighted by molar-refractivity contribution is -0.118. The number of benzene rings is 3. The van der Waals surface area contributed by atoms with E-state index in [0.29, 0.717) is 24.1 Å². The van der Waals surface area contributed by atoms with Crippen molar-refractivity contribution in [2.24, 2.45) is 0 Å². The van der Waals surface area contributed by atoms with Gasteiger partial charge in [0.1, 0.15) is 11.6 Å². The maximum atomic E-state index is 13.4. The van der Waals surface area contributed by atoms with Crippen LogP contribution in [0.1, 0.15) is 5.82 Å². The fourth-order valence-corrected chi connectivity index (χ4v) is 4.71. The summed E-state index contributed by atoms with van der Waals surface area (Å²) < 4.78 is 17.4. The highest BCUT2D eigenvalue weighted by atomic mass is 32.2. The first-order valence-electron chi connectivity index (χ1n) is 11.2. The summed E-state index contributed by atoms with van der Waals surface area (Å²) in [6.07, 6.45) is 0. The Kier molecular flexibility index (Phi) is 6.58. The summed E-state index contributed by atoms with van der Waals surface area (Å²) in [5.41, 5.74) is 3.60. The van der Waals surface area contributed by atoms with E-state index in [9.17, 15) is 9.18 Å². The Morgan fingerprint density at radius 2 is 1.71 bits per heavy atom. The summed E-state index contributed by atoms with van der Waals surface area (Å²) in [7, 11) is 0. The third-order valence-corrected chi connectivity index (χ3v) is 6.51. The zero-order chi connectivity index (χ0) is 24.2. The molecule has 35 heavy (non-hydrogen) atoms. The fourth-order valence-electron chi connectivity index (χ4n) is 3.93. The van der Waals surface area contributed by atoms with Gasteiger partial charge in [0.15, 0.2) is 11.0 Å². The quantitative estimate of drug-likeness (QED) is 0.323. The van der Waals surface area contributed by atoms with Gasteiger partial charge >= 0.3 is 0 Å². The normalized spacial score (nSPS) is 11.1. The van der Waals surface area contributed by atoms with E-state index in [1.165, 1.54) is 23.9 Å². The Balaban J connectivity index is 1.27. The minimum absolute atomic E-state index is 0.0944. The molecule has 0 radical (unpaired) electrons. The summed E-state index contributed by atoms with van der Waals surface area (Å²) in [5, 5.41) is 12.2. The average Bonchev–Trinajstić information content (AvgIpc) is 3.44. The van der Waals surface area contributed by atoms with Crippen molar-refractivity contribution in [3.05, 3.63) is 90.5 Å². The van der Waals surface area contributed by atoms with Crippen LogP contribution in [0.2, 0.25) is 0 Å². The van der Waals surface area contributed by atoms with Gasteiger partial charge in [-0.3, -0.25) is 9.36 Å². The summed E-state index contributed by atoms with van der Waals surface area (Å²) in [6.45, 7) is 3.09. The molecule has 0 unspecified atom stereocenters. The van der Waals surface area contributed by atoms with Gasteiger partial charge in [-0.25, -0.2) is 9.37 Å². The molecule has 0 aliphatic heterocycles. The average molecular weight is 487 g/mol. The van der Waals surface area contributed by atoms with E-state index in [2.05, 4.69) is 25.1 Å². The van der Waals surface area contributed by atoms with Gasteiger partial charge in [0.25, 0.3) is 0 Å². The number of aryl methyl sites for hydroxylation is 1. The summed E-state index contributed by atoms with van der Waals surface area (Å²) in [4.78, 5) is 17.2. The van der Waals surface area contributed by atoms with Crippen LogP contribution in [-0.4, -0.2) is 42.5 Å². The number of thioether (sulfide) groups is 1. The minimum Gasteiger partial charge on any atom is -0.354 e. The topological polar surface area (TPSA) is 77.6 Å². The number of rotatable bonds is 8. The van der Waals surface area contributed by atoms with Crippen LogP contribution < -0.4 is 5.32 Å². The lowest BCUT2D eigenvalue weighted by Gasteiger charge is -2.11. The molecule has 3 aromatic carbocycles. The van der Waals surface area contributed by atoms with Gasteiger partial charge in [-0.1, -0.05) is 42.1 Å². The maximum absolute atomic E-state index is 13.4. The molecule has 5 rings (SSSR count). The standard InChI is InChI=1S/C26H23FN6OS/c1-18-29-22-9-5-6-10-23(22)32(18)16-15-28-24(34)17-35-26-31-30-25(19-11-13-20(27)14-12-19)33(26)21-7-3-2-4-8-21/h2-14H,15-17H2,1H3,(H,28,34). The maximum Gasteiger partial charge on any atom is 0.230 e. The number of aromatic nitrogens is 5. The van der Waals surface area contributed by atoms with E-state index in [1.54, 1.807) is 12.1 Å². The largest absolute Gasteiger partial charge is 0.354 e. The third kappa shape index (κ3) is 4.95. The van der Waals surface area contributed by atoms with Crippen LogP contribution in [0.4, 0.5) is 4.39 Å². The van der Waals surface area contributed by atoms with Gasteiger partial charge in [0.2, 0.25) is 5.91 Å². The van der Waals surface area contributed by atoms with Gasteiger partial charge in [-0.15, -0.1) is 10.2 Å². The molecule has 2 heterocycles. The van der Waals surface area contributed by atoms with Crippen LogP contribution in [0.5, 0.6) is 0 Å². The van der Waals surface area contributed by atoms with Crippen molar-refractivity contribution in [3.63, 3.8) is 0 Å². The van der Waals surface area contributed by atoms with Crippen molar-refractivity contribution in [1.29, 1.82) is 0 Å². The van der Waals surface area contributed by atoms with Crippen LogP contribution in [0.25, 0.3) is 28.1 Å². The molecule has 0 saturated heterocycles. The van der Waals surface area contributed by atoms with E-state index >= 15 is 0 Å². The Labute approximate surface area is 206 Å². The van der Waals surface area contributed by atoms with Crippen molar-refractivity contribution in [2.75, 3.05) is 12.3 Å². The molecular formula is C26H23FN6OS. The molecule has 9 heteroatoms. The fraction of sp³-hybridized carbons (Fsp3) is 0.154. The van der Waals surface area contributed by atoms with E-state index < -0.39 is 0 Å². The van der Waals surface area contributed by atoms with E-state index in [-0.39, 0.29) is 17.5 Å². The molecule has 176 valence electrons. The second-order valence-electron chi connectivity index (χ2n) is 7.92. The van der Waals surface area contributed by atoms with Crippen LogP contribution in [0.3, 0.4) is 0 Å². The summed E-state index contributed by atoms with van der Waals surface area (Å²) in [6, 6.07) is 23.7. The predicted molar refractivity (Wildman–Crippen MR) is 135 cm³/mol. The molecule has 0 atom stereocenters. The van der Waals surface area contributed by atoms with Crippen molar-refractivity contribution in [3.8, 4) is 17.1 Å². The summed E-state index contributed by atoms with van der Waals surface area (Å²) in [5.74, 6) is 1.28. The smallest absolute Gasteiger partial charge is 0.230 e. The zero-order valence-electron chi connectivity index (χ0n) is 19.1. The van der Waals surface area contributed by atoms with E-state index in [0.717, 1.165) is 28.1 Å². The molecule has 5 aromatic rings. The van der Waals surface area contributed by atoms with Crippen LogP contribution in [-0.2, 0) is 11.3 Å². The van der Waals surface area contributed by atoms with Gasteiger partial charge in [0.05, 0.1) is 16.8 Å². The number of amides is 1. The monoisotopic (exact) mass is 486 g/mol. The van der Waals surface area contributed by atoms with Gasteiger partial charge in [-0.2, -0.15) is 0 Å². The molecule has 0 saturated carbocycles. The van der Waals surface area contributed by atoms with Crippen LogP contribution in [0.15, 0.2) is 84.0 Å². The van der Waals surface area contributed by atoms with Crippen molar-refractivity contribution in [1.82, 2.24) is 29.6 Å². The molecule has 7 nitrogen and oxygen atoms in total. The van der Waals surface area contributed by atoms with E-state index in [4.69, 9.17) is 0 Å². The first kappa shape index (κ1) is 22.8.